The zero-order valence-electron chi connectivity index (χ0n) is 2.34. The second kappa shape index (κ2) is 1.10. The van der Waals surface area contributed by atoms with E-state index in [9.17, 15) is 0 Å². The van der Waals surface area contributed by atoms with Crippen molar-refractivity contribution in [1.29, 1.82) is 0 Å². The zero-order valence-corrected chi connectivity index (χ0v) is 4.10. The van der Waals surface area contributed by atoms with Gasteiger partial charge in [-0.1, -0.05) is 0 Å². The molecule has 0 bridgehead atoms. The van der Waals surface area contributed by atoms with E-state index in [4.69, 9.17) is 18.2 Å². The molecule has 0 aromatic rings. The molecule has 4 nitrogen and oxygen atoms in total. The van der Waals surface area contributed by atoms with Crippen molar-refractivity contribution in [3.63, 3.8) is 0 Å². The Kier molecular flexibility index (Phi) is 1.23. The van der Waals surface area contributed by atoms with Crippen LogP contribution in [0.2, 0.25) is 0 Å². The summed E-state index contributed by atoms with van der Waals surface area (Å²) in [5, 5.41) is 0. The van der Waals surface area contributed by atoms with E-state index in [1.165, 1.54) is 0 Å². The SMILES string of the molecule is [O-][S]([O-])([O-])([O-])=[Cu]. The van der Waals surface area contributed by atoms with E-state index in [0.29, 0.717) is 0 Å². The Bertz CT molecular complexity index is 85.2. The first-order valence-electron chi connectivity index (χ1n) is 0.790. The Morgan fingerprint density at radius 2 is 1.00 bits per heavy atom. The molecule has 0 unspecified atom stereocenters. The van der Waals surface area contributed by atoms with Crippen molar-refractivity contribution >= 4 is 8.21 Å². The van der Waals surface area contributed by atoms with Crippen molar-refractivity contribution in [3.05, 3.63) is 0 Å². The Morgan fingerprint density at radius 3 is 1.00 bits per heavy atom. The molecule has 0 amide bonds. The molecule has 0 rings (SSSR count). The molecule has 0 aromatic carbocycles. The van der Waals surface area contributed by atoms with Gasteiger partial charge in [0.1, 0.15) is 0 Å². The molecule has 0 N–H and O–H groups in total. The molecule has 0 aliphatic carbocycles. The molecule has 0 aliphatic heterocycles. The fraction of sp³-hybridized carbons (Fsp3) is 0. The van der Waals surface area contributed by atoms with Crippen LogP contribution in [0.25, 0.3) is 0 Å². The molecule has 6 heteroatoms. The van der Waals surface area contributed by atoms with E-state index in [2.05, 4.69) is 14.4 Å². The second-order valence-electron chi connectivity index (χ2n) is 0.609. The summed E-state index contributed by atoms with van der Waals surface area (Å²) in [5.41, 5.74) is 0. The fourth-order valence-electron chi connectivity index (χ4n) is 0. The first-order chi connectivity index (χ1) is 2.24. The van der Waals surface area contributed by atoms with Gasteiger partial charge in [-0.15, -0.1) is 0 Å². The van der Waals surface area contributed by atoms with E-state index in [1.807, 2.05) is 0 Å². The molecule has 0 saturated heterocycles. The van der Waals surface area contributed by atoms with Gasteiger partial charge in [0.2, 0.25) is 0 Å². The third-order valence-electron chi connectivity index (χ3n) is 0. The molecule has 0 heterocycles. The standard InChI is InChI=1S/Cu.H4O4S/c;1-5(2,3)4/h;1-4H/p-4. The first-order valence-corrected chi connectivity index (χ1v) is 3.52. The number of hydrogen-bond acceptors (Lipinski definition) is 4. The van der Waals surface area contributed by atoms with Gasteiger partial charge in [-0.25, -0.2) is 0 Å². The van der Waals surface area contributed by atoms with Crippen molar-refractivity contribution in [2.45, 2.75) is 0 Å². The molecule has 0 aromatic heterocycles. The maximum atomic E-state index is 8.93. The molecule has 0 spiro atoms. The molecule has 45 valence electrons. The topological polar surface area (TPSA) is 92.2 Å². The van der Waals surface area contributed by atoms with E-state index in [-0.39, 0.29) is 0 Å². The second-order valence-corrected chi connectivity index (χ2v) is 3.71. The van der Waals surface area contributed by atoms with Crippen LogP contribution in [0.15, 0.2) is 0 Å². The average Bonchev–Trinajstić information content (AvgIpc) is 0.650. The van der Waals surface area contributed by atoms with Gasteiger partial charge in [-0.2, -0.15) is 0 Å². The summed E-state index contributed by atoms with van der Waals surface area (Å²) in [6.45, 7) is 0. The van der Waals surface area contributed by atoms with Crippen LogP contribution in [0.1, 0.15) is 0 Å². The van der Waals surface area contributed by atoms with Gasteiger partial charge in [0.15, 0.2) is 0 Å². The number of hydrogen-bond donors (Lipinski definition) is 0. The van der Waals surface area contributed by atoms with E-state index in [0.717, 1.165) is 0 Å². The molecule has 0 fully saturated rings. The minimum atomic E-state index is -6.29. The molecule has 0 saturated carbocycles. The first kappa shape index (κ1) is 6.71. The van der Waals surface area contributed by atoms with Gasteiger partial charge in [-0.05, 0) is 0 Å². The van der Waals surface area contributed by atoms with Crippen LogP contribution in [-0.2, 0) is 14.4 Å². The normalized spacial score (nSPS) is 19.3. The van der Waals surface area contributed by atoms with Crippen LogP contribution < -0.4 is 0 Å². The van der Waals surface area contributed by atoms with Gasteiger partial charge in [-0.3, -0.25) is 0 Å². The molecule has 0 radical (unpaired) electrons. The zero-order chi connectivity index (χ0) is 5.45. The monoisotopic (exact) mass is 159 g/mol. The van der Waals surface area contributed by atoms with Gasteiger partial charge in [0, 0.05) is 0 Å². The molecule has 0 aliphatic rings. The van der Waals surface area contributed by atoms with Crippen LogP contribution in [0.3, 0.4) is 0 Å². The predicted molar refractivity (Wildman–Crippen MR) is 10.7 cm³/mol. The van der Waals surface area contributed by atoms with Gasteiger partial charge < -0.3 is 0 Å². The van der Waals surface area contributed by atoms with Crippen LogP contribution in [0.4, 0.5) is 0 Å². The van der Waals surface area contributed by atoms with Crippen molar-refractivity contribution < 1.29 is 32.6 Å². The molecular weight excluding hydrogens is 160 g/mol. The fourth-order valence-corrected chi connectivity index (χ4v) is 0. The Hall–Kier alpha value is 0.709. The summed E-state index contributed by atoms with van der Waals surface area (Å²) in [7, 11) is -6.29. The third-order valence-corrected chi connectivity index (χ3v) is 0. The minimum absolute atomic E-state index is 3.06. The summed E-state index contributed by atoms with van der Waals surface area (Å²) >= 11 is 3.06. The summed E-state index contributed by atoms with van der Waals surface area (Å²) < 4.78 is 35.7. The van der Waals surface area contributed by atoms with E-state index >= 15 is 0 Å². The summed E-state index contributed by atoms with van der Waals surface area (Å²) in [6, 6.07) is 0. The predicted octanol–water partition coefficient (Wildman–Crippen LogP) is -0.690. The average molecular weight is 160 g/mol. The van der Waals surface area contributed by atoms with Crippen molar-refractivity contribution in [1.82, 2.24) is 0 Å². The van der Waals surface area contributed by atoms with E-state index < -0.39 is 8.21 Å². The van der Waals surface area contributed by atoms with Crippen LogP contribution in [0, 0.1) is 0 Å². The quantitative estimate of drug-likeness (QED) is 0.438. The molecular formula is CuO4S-4. The van der Waals surface area contributed by atoms with Gasteiger partial charge >= 0.3 is 40.8 Å². The van der Waals surface area contributed by atoms with Crippen molar-refractivity contribution in [2.24, 2.45) is 0 Å². The van der Waals surface area contributed by atoms with Crippen molar-refractivity contribution in [2.75, 3.05) is 0 Å². The van der Waals surface area contributed by atoms with Crippen LogP contribution >= 0.6 is 8.21 Å². The van der Waals surface area contributed by atoms with E-state index in [1.54, 1.807) is 0 Å². The third kappa shape index (κ3) is 129. The molecule has 0 atom stereocenters. The van der Waals surface area contributed by atoms with Crippen LogP contribution in [0.5, 0.6) is 0 Å². The molecule has 6 heavy (non-hydrogen) atoms. The summed E-state index contributed by atoms with van der Waals surface area (Å²) in [4.78, 5) is 0. The van der Waals surface area contributed by atoms with Crippen molar-refractivity contribution in [3.8, 4) is 0 Å². The van der Waals surface area contributed by atoms with Gasteiger partial charge in [0.25, 0.3) is 0 Å². The van der Waals surface area contributed by atoms with Gasteiger partial charge in [0.05, 0.1) is 0 Å². The van der Waals surface area contributed by atoms with Crippen LogP contribution in [-0.4, -0.2) is 18.2 Å². The Morgan fingerprint density at radius 1 is 1.00 bits per heavy atom. The maximum absolute atomic E-state index is 8.93. The Balaban J connectivity index is 4.16. The summed E-state index contributed by atoms with van der Waals surface area (Å²) in [5.74, 6) is 0. The summed E-state index contributed by atoms with van der Waals surface area (Å²) in [6.07, 6.45) is 0. The Labute approximate surface area is 41.4 Å². The number of rotatable bonds is 0.